The Morgan fingerprint density at radius 3 is 2.72 bits per heavy atom. The molecular formula is C44H50F3N11O6. The molecule has 17 nitrogen and oxygen atoms in total. The summed E-state index contributed by atoms with van der Waals surface area (Å²) in [5, 5.41) is 28.5. The molecule has 9 rings (SSSR count). The van der Waals surface area contributed by atoms with Crippen LogP contribution in [0.25, 0.3) is 16.6 Å². The van der Waals surface area contributed by atoms with E-state index < -0.39 is 36.2 Å². The molecule has 4 fully saturated rings. The molecule has 0 unspecified atom stereocenters. The van der Waals surface area contributed by atoms with Crippen LogP contribution < -0.4 is 15.5 Å². The average molecular weight is 886 g/mol. The van der Waals surface area contributed by atoms with Crippen LogP contribution >= 0.6 is 0 Å². The first-order valence-corrected chi connectivity index (χ1v) is 21.8. The summed E-state index contributed by atoms with van der Waals surface area (Å²) in [6.45, 7) is 2.95. The van der Waals surface area contributed by atoms with Gasteiger partial charge in [-0.3, -0.25) is 34.0 Å². The first-order valence-electron chi connectivity index (χ1n) is 21.8. The lowest BCUT2D eigenvalue weighted by Crippen LogP contribution is -2.47. The Labute approximate surface area is 366 Å². The van der Waals surface area contributed by atoms with Gasteiger partial charge < -0.3 is 24.8 Å². The van der Waals surface area contributed by atoms with Gasteiger partial charge in [-0.25, -0.2) is 22.7 Å². The van der Waals surface area contributed by atoms with Crippen molar-refractivity contribution in [2.45, 2.75) is 81.7 Å². The van der Waals surface area contributed by atoms with Crippen LogP contribution in [-0.4, -0.2) is 133 Å². The molecule has 4 aliphatic rings. The second kappa shape index (κ2) is 18.7. The van der Waals surface area contributed by atoms with Gasteiger partial charge in [-0.15, -0.1) is 0 Å². The van der Waals surface area contributed by atoms with E-state index in [0.29, 0.717) is 74.9 Å². The number of carbonyl (C=O) groups excluding carboxylic acids is 3. The molecule has 5 aromatic rings. The van der Waals surface area contributed by atoms with E-state index in [4.69, 9.17) is 9.47 Å². The van der Waals surface area contributed by atoms with Crippen molar-refractivity contribution in [3.8, 4) is 11.8 Å². The standard InChI is InChI=1S/C44H50F3N11O6/c1-54-40-27(4-2-6-30(40)38(52-54)31-11-12-37(60)51-43(31)61)5-3-18-64-35-13-15-55(23-33(35)45)21-26-7-9-28(10-8-26)58-24-34(39(53-58)41(46)47)49-44(62)32-20-48-57-16-14-36(50-42(32)57)56-17-19-63-29(22-56)25-59/h2,4,6,14,16,20,24,26,28-29,31,33,35,41,59H,7-13,15,17-19,21-23,25H2,1H3,(H,49,62)(H,51,60,61)/t26?,28?,29-,31+,33-,35+/m1/s1. The fourth-order valence-corrected chi connectivity index (χ4v) is 9.49. The van der Waals surface area contributed by atoms with Gasteiger partial charge in [-0.2, -0.15) is 15.3 Å². The lowest BCUT2D eigenvalue weighted by Gasteiger charge is -2.38. The van der Waals surface area contributed by atoms with Gasteiger partial charge in [0.25, 0.3) is 12.3 Å². The number of ether oxygens (including phenoxy) is 2. The van der Waals surface area contributed by atoms with Crippen molar-refractivity contribution in [3.63, 3.8) is 0 Å². The zero-order valence-electron chi connectivity index (χ0n) is 35.3. The van der Waals surface area contributed by atoms with Crippen LogP contribution in [0.5, 0.6) is 0 Å². The van der Waals surface area contributed by atoms with E-state index >= 15 is 4.39 Å². The molecule has 4 aromatic heterocycles. The lowest BCUT2D eigenvalue weighted by molar-refractivity contribution is -0.134. The normalized spacial score (nSPS) is 24.6. The first kappa shape index (κ1) is 43.4. The number of benzene rings is 1. The van der Waals surface area contributed by atoms with Crippen LogP contribution in [0, 0.1) is 17.8 Å². The molecule has 1 aromatic carbocycles. The highest BCUT2D eigenvalue weighted by molar-refractivity contribution is 6.08. The van der Waals surface area contributed by atoms with Gasteiger partial charge in [0.05, 0.1) is 66.0 Å². The number of aromatic nitrogens is 7. The number of halogens is 3. The fourth-order valence-electron chi connectivity index (χ4n) is 9.49. The van der Waals surface area contributed by atoms with Crippen molar-refractivity contribution >= 4 is 45.8 Å². The maximum atomic E-state index is 15.5. The summed E-state index contributed by atoms with van der Waals surface area (Å²) >= 11 is 0. The second-order valence-electron chi connectivity index (χ2n) is 17.0. The third kappa shape index (κ3) is 9.07. The largest absolute Gasteiger partial charge is 0.394 e. The third-order valence-electron chi connectivity index (χ3n) is 12.8. The number of piperidine rings is 2. The van der Waals surface area contributed by atoms with Crippen molar-refractivity contribution < 1.29 is 42.1 Å². The highest BCUT2D eigenvalue weighted by Gasteiger charge is 2.34. The fraction of sp³-hybridized carbons (Fsp3) is 0.523. The molecule has 3 N–H and O–H groups in total. The number of amides is 3. The molecule has 7 heterocycles. The van der Waals surface area contributed by atoms with Crippen molar-refractivity contribution in [3.05, 3.63) is 65.4 Å². The SMILES string of the molecule is Cn1nc([C@@H]2CCC(=O)NC2=O)c2cccc(C#CCO[C@H]3CCN(CC4CCC(n5cc(NC(=O)c6cnn7ccc(N8CCO[C@@H](CO)C8)nc67)c(C(F)F)n5)CC4)C[C@H]3F)c21. The summed E-state index contributed by atoms with van der Waals surface area (Å²) in [5.74, 6) is 5.25. The number of rotatable bonds is 11. The molecule has 64 heavy (non-hydrogen) atoms. The number of anilines is 2. The minimum atomic E-state index is -2.92. The number of likely N-dealkylation sites (tertiary alicyclic amines) is 1. The van der Waals surface area contributed by atoms with Crippen LogP contribution in [0.2, 0.25) is 0 Å². The Kier molecular flexibility index (Phi) is 12.7. The summed E-state index contributed by atoms with van der Waals surface area (Å²) in [5.41, 5.74) is 1.87. The third-order valence-corrected chi connectivity index (χ3v) is 12.8. The molecule has 3 aliphatic heterocycles. The molecule has 0 bridgehead atoms. The smallest absolute Gasteiger partial charge is 0.284 e. The van der Waals surface area contributed by atoms with E-state index in [0.717, 1.165) is 30.3 Å². The molecule has 4 atom stereocenters. The number of aliphatic hydroxyl groups excluding tert-OH is 1. The van der Waals surface area contributed by atoms with Gasteiger partial charge in [0.15, 0.2) is 11.3 Å². The Morgan fingerprint density at radius 2 is 1.94 bits per heavy atom. The van der Waals surface area contributed by atoms with Crippen LogP contribution in [-0.2, 0) is 26.1 Å². The predicted octanol–water partition coefficient (Wildman–Crippen LogP) is 3.93. The molecule has 20 heteroatoms. The number of nitrogens with one attached hydrogen (secondary N) is 2. The molecule has 0 spiro atoms. The van der Waals surface area contributed by atoms with Gasteiger partial charge in [0.1, 0.15) is 24.2 Å². The number of nitrogens with zero attached hydrogens (tertiary/aromatic N) is 9. The Bertz CT molecular complexity index is 2590. The van der Waals surface area contributed by atoms with Crippen molar-refractivity contribution in [1.29, 1.82) is 0 Å². The zero-order chi connectivity index (χ0) is 44.5. The van der Waals surface area contributed by atoms with Crippen LogP contribution in [0.3, 0.4) is 0 Å². The second-order valence-corrected chi connectivity index (χ2v) is 17.0. The summed E-state index contributed by atoms with van der Waals surface area (Å²) in [7, 11) is 1.79. The topological polar surface area (TPSA) is 186 Å². The van der Waals surface area contributed by atoms with Crippen LogP contribution in [0.15, 0.2) is 42.9 Å². The van der Waals surface area contributed by atoms with Crippen molar-refractivity contribution in [2.24, 2.45) is 13.0 Å². The maximum absolute atomic E-state index is 15.5. The number of hydrogen-bond donors (Lipinski definition) is 3. The maximum Gasteiger partial charge on any atom is 0.284 e. The Balaban J connectivity index is 0.756. The average Bonchev–Trinajstić information content (AvgIpc) is 4.01. The molecule has 0 radical (unpaired) electrons. The van der Waals surface area contributed by atoms with Crippen molar-refractivity contribution in [2.75, 3.05) is 62.8 Å². The number of aryl methyl sites for hydroxylation is 1. The van der Waals surface area contributed by atoms with E-state index in [1.54, 1.807) is 24.0 Å². The highest BCUT2D eigenvalue weighted by Crippen LogP contribution is 2.36. The number of hydrogen-bond acceptors (Lipinski definition) is 12. The van der Waals surface area contributed by atoms with E-state index in [1.807, 2.05) is 23.1 Å². The molecular weight excluding hydrogens is 836 g/mol. The van der Waals surface area contributed by atoms with Crippen LogP contribution in [0.1, 0.15) is 90.6 Å². The van der Waals surface area contributed by atoms with E-state index in [1.165, 1.54) is 21.6 Å². The number of morpholine rings is 1. The van der Waals surface area contributed by atoms with E-state index in [9.17, 15) is 28.3 Å². The number of carbonyl (C=O) groups is 3. The van der Waals surface area contributed by atoms with E-state index in [2.05, 4.69) is 47.7 Å². The van der Waals surface area contributed by atoms with Gasteiger partial charge in [0.2, 0.25) is 11.8 Å². The monoisotopic (exact) mass is 885 g/mol. The molecule has 1 aliphatic carbocycles. The summed E-state index contributed by atoms with van der Waals surface area (Å²) in [6.07, 6.45) is 3.64. The summed E-state index contributed by atoms with van der Waals surface area (Å²) < 4.78 is 60.2. The quantitative estimate of drug-likeness (QED) is 0.129. The molecule has 338 valence electrons. The first-order chi connectivity index (χ1) is 31.0. The number of alkyl halides is 3. The number of fused-ring (bicyclic) bond motifs is 2. The summed E-state index contributed by atoms with van der Waals surface area (Å²) in [6, 6.07) is 7.22. The summed E-state index contributed by atoms with van der Waals surface area (Å²) in [4.78, 5) is 46.5. The zero-order valence-corrected chi connectivity index (χ0v) is 35.3. The molecule has 3 saturated heterocycles. The number of aliphatic hydroxyl groups is 1. The molecule has 3 amide bonds. The number of imide groups is 1. The van der Waals surface area contributed by atoms with Crippen molar-refractivity contribution in [1.82, 2.24) is 44.4 Å². The Morgan fingerprint density at radius 1 is 1.09 bits per heavy atom. The lowest BCUT2D eigenvalue weighted by atomic mass is 9.85. The van der Waals surface area contributed by atoms with E-state index in [-0.39, 0.29) is 67.0 Å². The minimum absolute atomic E-state index is 0.0522. The minimum Gasteiger partial charge on any atom is -0.394 e. The van der Waals surface area contributed by atoms with Gasteiger partial charge >= 0.3 is 0 Å². The van der Waals surface area contributed by atoms with Gasteiger partial charge in [0, 0.05) is 64.0 Å². The van der Waals surface area contributed by atoms with Gasteiger partial charge in [-0.05, 0) is 56.6 Å². The predicted molar refractivity (Wildman–Crippen MR) is 227 cm³/mol. The van der Waals surface area contributed by atoms with Crippen LogP contribution in [0.4, 0.5) is 24.7 Å². The highest BCUT2D eigenvalue weighted by atomic mass is 19.3. The van der Waals surface area contributed by atoms with Gasteiger partial charge in [-0.1, -0.05) is 24.0 Å². The molecule has 1 saturated carbocycles. The number of para-hydroxylation sites is 1. The Hall–Kier alpha value is -5.88.